The third-order valence-corrected chi connectivity index (χ3v) is 6.53. The fraction of sp³-hybridized carbons (Fsp3) is 0.333. The van der Waals surface area contributed by atoms with Gasteiger partial charge in [-0.2, -0.15) is 0 Å². The van der Waals surface area contributed by atoms with Gasteiger partial charge in [-0.05, 0) is 63.8 Å². The number of aromatic nitrogens is 6. The highest BCUT2D eigenvalue weighted by atomic mass is 16.3. The van der Waals surface area contributed by atoms with E-state index in [-0.39, 0.29) is 16.6 Å². The van der Waals surface area contributed by atoms with E-state index >= 15 is 0 Å². The molecule has 0 radical (unpaired) electrons. The van der Waals surface area contributed by atoms with Gasteiger partial charge in [-0.15, -0.1) is 30.0 Å². The van der Waals surface area contributed by atoms with Crippen molar-refractivity contribution in [3.8, 4) is 17.1 Å². The molecule has 1 aliphatic heterocycles. The van der Waals surface area contributed by atoms with Crippen molar-refractivity contribution < 1.29 is 5.11 Å². The number of hydrogen-bond donors (Lipinski definition) is 1. The molecule has 0 fully saturated rings. The van der Waals surface area contributed by atoms with E-state index < -0.39 is 0 Å². The third kappa shape index (κ3) is 3.10. The number of hydrogen-bond acceptors (Lipinski definition) is 5. The zero-order chi connectivity index (χ0) is 24.0. The minimum Gasteiger partial charge on any atom is -0.506 e. The van der Waals surface area contributed by atoms with Crippen molar-refractivity contribution in [1.82, 2.24) is 30.0 Å². The second kappa shape index (κ2) is 6.65. The van der Waals surface area contributed by atoms with Gasteiger partial charge < -0.3 is 5.11 Å². The molecular weight excluding hydrogens is 424 g/mol. The lowest BCUT2D eigenvalue weighted by Crippen LogP contribution is -2.13. The lowest BCUT2D eigenvalue weighted by atomic mass is 9.83. The summed E-state index contributed by atoms with van der Waals surface area (Å²) in [5.74, 6) is 0.0725. The van der Waals surface area contributed by atoms with Gasteiger partial charge in [0.15, 0.2) is 5.69 Å². The number of fused-ring (bicyclic) bond motifs is 7. The van der Waals surface area contributed by atoms with Crippen LogP contribution in [0.15, 0.2) is 42.5 Å². The average molecular weight is 453 g/mol. The van der Waals surface area contributed by atoms with Gasteiger partial charge in [0.05, 0.1) is 0 Å². The number of phenolic OH excluding ortho intramolecular Hbond substituents is 1. The molecule has 172 valence electrons. The Labute approximate surface area is 198 Å². The summed E-state index contributed by atoms with van der Waals surface area (Å²) in [5, 5.41) is 30.3. The largest absolute Gasteiger partial charge is 0.506 e. The monoisotopic (exact) mass is 452 g/mol. The van der Waals surface area contributed by atoms with Crippen LogP contribution >= 0.6 is 0 Å². The van der Waals surface area contributed by atoms with Gasteiger partial charge in [-0.1, -0.05) is 59.7 Å². The number of nitrogens with zero attached hydrogens (tertiary/aromatic N) is 6. The van der Waals surface area contributed by atoms with Crippen molar-refractivity contribution in [2.45, 2.75) is 58.8 Å². The summed E-state index contributed by atoms with van der Waals surface area (Å²) < 4.78 is 0. The lowest BCUT2D eigenvalue weighted by molar-refractivity contribution is 0.466. The summed E-state index contributed by atoms with van der Waals surface area (Å²) in [6, 6.07) is 14.1. The molecule has 2 aromatic heterocycles. The maximum absolute atomic E-state index is 10.9. The van der Waals surface area contributed by atoms with Crippen LogP contribution in [0.5, 0.6) is 5.75 Å². The second-order valence-corrected chi connectivity index (χ2v) is 11.3. The number of aromatic hydroxyl groups is 1. The summed E-state index contributed by atoms with van der Waals surface area (Å²) in [5.41, 5.74) is 8.84. The second-order valence-electron chi connectivity index (χ2n) is 11.3. The van der Waals surface area contributed by atoms with Crippen LogP contribution in [-0.4, -0.2) is 35.1 Å². The fourth-order valence-electron chi connectivity index (χ4n) is 4.83. The highest BCUT2D eigenvalue weighted by Crippen LogP contribution is 2.36. The van der Waals surface area contributed by atoms with Crippen LogP contribution < -0.4 is 0 Å². The first-order valence-electron chi connectivity index (χ1n) is 11.6. The summed E-state index contributed by atoms with van der Waals surface area (Å²) in [6.07, 6.45) is 0.760. The molecule has 1 aliphatic rings. The molecule has 0 atom stereocenters. The predicted molar refractivity (Wildman–Crippen MR) is 133 cm³/mol. The zero-order valence-corrected chi connectivity index (χ0v) is 20.4. The number of para-hydroxylation sites is 1. The Morgan fingerprint density at radius 3 is 1.79 bits per heavy atom. The fourth-order valence-corrected chi connectivity index (χ4v) is 4.83. The van der Waals surface area contributed by atoms with Crippen molar-refractivity contribution >= 4 is 22.1 Å². The molecule has 0 saturated heterocycles. The SMILES string of the molecule is CC(C)(C)c1cc2cc3nn(nc13)-c1cccc(O)c1-n1nc3cc(cc(C(C)(C)C)c3n1)C2. The summed E-state index contributed by atoms with van der Waals surface area (Å²) >= 11 is 0. The molecule has 0 aliphatic carbocycles. The molecule has 7 heteroatoms. The molecule has 0 spiro atoms. The van der Waals surface area contributed by atoms with Crippen molar-refractivity contribution in [3.05, 3.63) is 64.7 Å². The maximum atomic E-state index is 10.9. The average Bonchev–Trinajstić information content (AvgIpc) is 3.34. The first kappa shape index (κ1) is 20.8. The molecule has 3 aromatic carbocycles. The summed E-state index contributed by atoms with van der Waals surface area (Å²) in [7, 11) is 0. The molecular formula is C27H28N6O. The Morgan fingerprint density at radius 1 is 0.706 bits per heavy atom. The van der Waals surface area contributed by atoms with Crippen molar-refractivity contribution in [1.29, 1.82) is 0 Å². The van der Waals surface area contributed by atoms with Gasteiger partial charge in [0.1, 0.15) is 33.5 Å². The van der Waals surface area contributed by atoms with Crippen LogP contribution in [0.1, 0.15) is 63.8 Å². The highest BCUT2D eigenvalue weighted by Gasteiger charge is 2.26. The van der Waals surface area contributed by atoms with Crippen LogP contribution in [0.25, 0.3) is 33.4 Å². The van der Waals surface area contributed by atoms with Crippen LogP contribution in [0.3, 0.4) is 0 Å². The minimum atomic E-state index is -0.121. The van der Waals surface area contributed by atoms with Gasteiger partial charge in [0.25, 0.3) is 0 Å². The predicted octanol–water partition coefficient (Wildman–Crippen LogP) is 5.36. The van der Waals surface area contributed by atoms with E-state index in [2.05, 4.69) is 65.8 Å². The Bertz CT molecular complexity index is 1610. The Morgan fingerprint density at radius 2 is 1.24 bits per heavy atom. The van der Waals surface area contributed by atoms with Crippen molar-refractivity contribution in [2.75, 3.05) is 0 Å². The van der Waals surface area contributed by atoms with Gasteiger partial charge in [0, 0.05) is 0 Å². The number of phenols is 1. The Hall–Kier alpha value is -3.74. The molecule has 34 heavy (non-hydrogen) atoms. The van der Waals surface area contributed by atoms with Gasteiger partial charge in [-0.25, -0.2) is 0 Å². The molecule has 0 saturated carbocycles. The van der Waals surface area contributed by atoms with Gasteiger partial charge in [0.2, 0.25) is 0 Å². The lowest BCUT2D eigenvalue weighted by Gasteiger charge is -2.21. The highest BCUT2D eigenvalue weighted by molar-refractivity contribution is 5.82. The van der Waals surface area contributed by atoms with E-state index in [0.717, 1.165) is 39.6 Å². The van der Waals surface area contributed by atoms with E-state index in [9.17, 15) is 5.11 Å². The minimum absolute atomic E-state index is 0.0725. The Balaban J connectivity index is 1.79. The summed E-state index contributed by atoms with van der Waals surface area (Å²) in [6.45, 7) is 13.2. The molecule has 0 amide bonds. The van der Waals surface area contributed by atoms with Gasteiger partial charge in [-0.3, -0.25) is 0 Å². The molecule has 7 nitrogen and oxygen atoms in total. The van der Waals surface area contributed by atoms with Crippen LogP contribution in [-0.2, 0) is 17.3 Å². The van der Waals surface area contributed by atoms with Crippen molar-refractivity contribution in [2.24, 2.45) is 0 Å². The van der Waals surface area contributed by atoms with E-state index in [1.54, 1.807) is 16.9 Å². The third-order valence-electron chi connectivity index (χ3n) is 6.53. The number of rotatable bonds is 0. The maximum Gasteiger partial charge on any atom is 0.155 e. The smallest absolute Gasteiger partial charge is 0.155 e. The standard InChI is InChI=1S/C27H28N6O/c1-26(2,3)17-11-15-10-16-12-18(27(4,5)6)24-20(14-16)29-33(31-24)25-21(8-7-9-22(25)34)32-28-19(13-15)23(17)30-32/h7-9,11-14,34H,10H2,1-6H3. The molecule has 6 bridgehead atoms. The Kier molecular flexibility index (Phi) is 4.08. The van der Waals surface area contributed by atoms with Gasteiger partial charge >= 0.3 is 0 Å². The quantitative estimate of drug-likeness (QED) is 0.336. The molecule has 1 N–H and O–H groups in total. The summed E-state index contributed by atoms with van der Waals surface area (Å²) in [4.78, 5) is 3.12. The van der Waals surface area contributed by atoms with E-state index in [1.807, 2.05) is 6.07 Å². The topological polar surface area (TPSA) is 81.6 Å². The first-order valence-corrected chi connectivity index (χ1v) is 11.6. The zero-order valence-electron chi connectivity index (χ0n) is 20.4. The molecule has 3 heterocycles. The van der Waals surface area contributed by atoms with E-state index in [1.165, 1.54) is 15.9 Å². The van der Waals surface area contributed by atoms with Crippen molar-refractivity contribution in [3.63, 3.8) is 0 Å². The molecule has 0 unspecified atom stereocenters. The van der Waals surface area contributed by atoms with E-state index in [0.29, 0.717) is 11.4 Å². The van der Waals surface area contributed by atoms with E-state index in [4.69, 9.17) is 20.4 Å². The van der Waals surface area contributed by atoms with Crippen LogP contribution in [0.2, 0.25) is 0 Å². The van der Waals surface area contributed by atoms with Crippen LogP contribution in [0, 0.1) is 0 Å². The number of benzene rings is 3. The molecule has 6 rings (SSSR count). The molecule has 5 aromatic rings. The first-order chi connectivity index (χ1) is 16.0. The normalized spacial score (nSPS) is 13.6. The van der Waals surface area contributed by atoms with Crippen LogP contribution in [0.4, 0.5) is 0 Å².